The molecule has 5 rings (SSSR count). The number of rotatable bonds is 5. The fraction of sp³-hybridized carbons (Fsp3) is 0.250. The Hall–Kier alpha value is -3.93. The number of anilines is 2. The minimum atomic E-state index is -0.240. The van der Waals surface area contributed by atoms with E-state index >= 15 is 0 Å². The fourth-order valence-corrected chi connectivity index (χ4v) is 4.73. The van der Waals surface area contributed by atoms with Crippen molar-refractivity contribution in [3.8, 4) is 11.3 Å². The van der Waals surface area contributed by atoms with E-state index in [9.17, 15) is 9.59 Å². The zero-order chi connectivity index (χ0) is 23.5. The van der Waals surface area contributed by atoms with E-state index in [2.05, 4.69) is 33.6 Å². The molecule has 1 fully saturated rings. The number of pyridine rings is 1. The van der Waals surface area contributed by atoms with Crippen LogP contribution < -0.4 is 10.6 Å². The Kier molecular flexibility index (Phi) is 6.12. The van der Waals surface area contributed by atoms with E-state index in [0.717, 1.165) is 47.1 Å². The molecule has 6 nitrogen and oxygen atoms in total. The van der Waals surface area contributed by atoms with Crippen LogP contribution in [0.1, 0.15) is 43.1 Å². The molecule has 1 aliphatic rings. The van der Waals surface area contributed by atoms with Crippen molar-refractivity contribution < 1.29 is 9.59 Å². The standard InChI is InChI=1S/C28H28N4O2/c1-18-6-2-3-7-23(18)27(33)30-21-11-9-19(10-12-21)26-17-20-16-22(13-14-24(20)32-26)31-28(34)25-8-4-5-15-29-25/h4-5,8-18,23,32H,2-3,6-7H2,1H3,(H,30,33)(H,31,34). The number of amides is 2. The van der Waals surface area contributed by atoms with Gasteiger partial charge in [0.1, 0.15) is 5.69 Å². The number of nitrogens with zero attached hydrogens (tertiary/aromatic N) is 1. The Morgan fingerprint density at radius 2 is 1.71 bits per heavy atom. The highest BCUT2D eigenvalue weighted by Gasteiger charge is 2.27. The highest BCUT2D eigenvalue weighted by molar-refractivity contribution is 6.04. The maximum atomic E-state index is 12.7. The summed E-state index contributed by atoms with van der Waals surface area (Å²) >= 11 is 0. The van der Waals surface area contributed by atoms with Gasteiger partial charge in [-0.25, -0.2) is 0 Å². The predicted octanol–water partition coefficient (Wildman–Crippen LogP) is 6.25. The molecule has 2 heterocycles. The molecule has 0 saturated heterocycles. The van der Waals surface area contributed by atoms with E-state index in [1.54, 1.807) is 24.4 Å². The second-order valence-corrected chi connectivity index (χ2v) is 9.09. The SMILES string of the molecule is CC1CCCCC1C(=O)Nc1ccc(-c2cc3cc(NC(=O)c4ccccn4)ccc3[nH]2)cc1. The van der Waals surface area contributed by atoms with Crippen LogP contribution in [0.2, 0.25) is 0 Å². The first kappa shape index (κ1) is 21.9. The summed E-state index contributed by atoms with van der Waals surface area (Å²) in [6.45, 7) is 2.18. The second-order valence-electron chi connectivity index (χ2n) is 9.09. The molecular weight excluding hydrogens is 424 g/mol. The van der Waals surface area contributed by atoms with Crippen LogP contribution in [0.5, 0.6) is 0 Å². The Morgan fingerprint density at radius 1 is 0.912 bits per heavy atom. The number of benzene rings is 2. The van der Waals surface area contributed by atoms with Crippen molar-refractivity contribution in [3.63, 3.8) is 0 Å². The lowest BCUT2D eigenvalue weighted by Gasteiger charge is -2.27. The average Bonchev–Trinajstić information content (AvgIpc) is 3.29. The zero-order valence-corrected chi connectivity index (χ0v) is 19.2. The highest BCUT2D eigenvalue weighted by atomic mass is 16.2. The summed E-state index contributed by atoms with van der Waals surface area (Å²) in [7, 11) is 0. The Labute approximate surface area is 198 Å². The molecule has 1 saturated carbocycles. The number of carbonyl (C=O) groups is 2. The molecule has 2 amide bonds. The third kappa shape index (κ3) is 4.71. The fourth-order valence-electron chi connectivity index (χ4n) is 4.73. The molecule has 0 radical (unpaired) electrons. The monoisotopic (exact) mass is 452 g/mol. The summed E-state index contributed by atoms with van der Waals surface area (Å²) in [5.74, 6) is 0.439. The normalized spacial score (nSPS) is 17.9. The van der Waals surface area contributed by atoms with Gasteiger partial charge >= 0.3 is 0 Å². The van der Waals surface area contributed by atoms with Crippen LogP contribution in [0, 0.1) is 11.8 Å². The van der Waals surface area contributed by atoms with Crippen LogP contribution >= 0.6 is 0 Å². The highest BCUT2D eigenvalue weighted by Crippen LogP contribution is 2.31. The third-order valence-electron chi connectivity index (χ3n) is 6.69. The Bertz CT molecular complexity index is 1310. The topological polar surface area (TPSA) is 86.9 Å². The summed E-state index contributed by atoms with van der Waals surface area (Å²) in [4.78, 5) is 32.6. The summed E-state index contributed by atoms with van der Waals surface area (Å²) in [5.41, 5.74) is 4.89. The van der Waals surface area contributed by atoms with Gasteiger partial charge in [-0.3, -0.25) is 14.6 Å². The molecule has 2 unspecified atom stereocenters. The molecule has 6 heteroatoms. The van der Waals surface area contributed by atoms with Gasteiger partial charge in [0, 0.05) is 40.1 Å². The summed E-state index contributed by atoms with van der Waals surface area (Å²) in [5, 5.41) is 6.99. The number of H-pyrrole nitrogens is 1. The van der Waals surface area contributed by atoms with Crippen LogP contribution in [0.4, 0.5) is 11.4 Å². The zero-order valence-electron chi connectivity index (χ0n) is 19.2. The number of hydrogen-bond donors (Lipinski definition) is 3. The lowest BCUT2D eigenvalue weighted by Crippen LogP contribution is -2.30. The van der Waals surface area contributed by atoms with Crippen molar-refractivity contribution >= 4 is 34.1 Å². The molecular formula is C28H28N4O2. The van der Waals surface area contributed by atoms with Crippen LogP contribution in [0.15, 0.2) is 72.9 Å². The number of carbonyl (C=O) groups excluding carboxylic acids is 2. The van der Waals surface area contributed by atoms with Gasteiger partial charge in [-0.1, -0.05) is 38.0 Å². The van der Waals surface area contributed by atoms with Crippen molar-refractivity contribution in [1.82, 2.24) is 9.97 Å². The first-order valence-corrected chi connectivity index (χ1v) is 11.8. The van der Waals surface area contributed by atoms with Gasteiger partial charge in [0.25, 0.3) is 5.91 Å². The number of aromatic nitrogens is 2. The first-order chi connectivity index (χ1) is 16.6. The van der Waals surface area contributed by atoms with Gasteiger partial charge in [0.15, 0.2) is 0 Å². The maximum absolute atomic E-state index is 12.7. The van der Waals surface area contributed by atoms with E-state index in [1.165, 1.54) is 6.42 Å². The smallest absolute Gasteiger partial charge is 0.274 e. The number of nitrogens with one attached hydrogen (secondary N) is 3. The predicted molar refractivity (Wildman–Crippen MR) is 136 cm³/mol. The van der Waals surface area contributed by atoms with Gasteiger partial charge in [-0.15, -0.1) is 0 Å². The van der Waals surface area contributed by atoms with E-state index < -0.39 is 0 Å². The molecule has 0 bridgehead atoms. The van der Waals surface area contributed by atoms with Crippen LogP contribution in [0.25, 0.3) is 22.2 Å². The summed E-state index contributed by atoms with van der Waals surface area (Å²) < 4.78 is 0. The molecule has 0 aliphatic heterocycles. The lowest BCUT2D eigenvalue weighted by molar-refractivity contribution is -0.122. The van der Waals surface area contributed by atoms with E-state index in [0.29, 0.717) is 17.3 Å². The first-order valence-electron chi connectivity index (χ1n) is 11.8. The maximum Gasteiger partial charge on any atom is 0.274 e. The molecule has 4 aromatic rings. The van der Waals surface area contributed by atoms with Gasteiger partial charge in [0.05, 0.1) is 0 Å². The van der Waals surface area contributed by atoms with E-state index in [-0.39, 0.29) is 17.7 Å². The van der Waals surface area contributed by atoms with Gasteiger partial charge in [-0.05, 0) is 72.9 Å². The summed E-state index contributed by atoms with van der Waals surface area (Å²) in [6, 6.07) is 21.0. The van der Waals surface area contributed by atoms with Gasteiger partial charge in [-0.2, -0.15) is 0 Å². The Balaban J connectivity index is 1.28. The van der Waals surface area contributed by atoms with Crippen molar-refractivity contribution in [2.45, 2.75) is 32.6 Å². The summed E-state index contributed by atoms with van der Waals surface area (Å²) in [6.07, 6.45) is 6.07. The van der Waals surface area contributed by atoms with Gasteiger partial charge < -0.3 is 15.6 Å². The van der Waals surface area contributed by atoms with Crippen LogP contribution in [-0.4, -0.2) is 21.8 Å². The van der Waals surface area contributed by atoms with Crippen molar-refractivity contribution in [2.24, 2.45) is 11.8 Å². The van der Waals surface area contributed by atoms with E-state index in [1.807, 2.05) is 42.5 Å². The van der Waals surface area contributed by atoms with Crippen molar-refractivity contribution in [1.29, 1.82) is 0 Å². The molecule has 34 heavy (non-hydrogen) atoms. The number of hydrogen-bond acceptors (Lipinski definition) is 3. The average molecular weight is 453 g/mol. The van der Waals surface area contributed by atoms with Crippen molar-refractivity contribution in [3.05, 3.63) is 78.6 Å². The molecule has 3 N–H and O–H groups in total. The quantitative estimate of drug-likeness (QED) is 0.335. The Morgan fingerprint density at radius 3 is 2.47 bits per heavy atom. The molecule has 0 spiro atoms. The third-order valence-corrected chi connectivity index (χ3v) is 6.69. The van der Waals surface area contributed by atoms with Crippen LogP contribution in [-0.2, 0) is 4.79 Å². The molecule has 172 valence electrons. The second kappa shape index (κ2) is 9.51. The number of aromatic amines is 1. The van der Waals surface area contributed by atoms with E-state index in [4.69, 9.17) is 0 Å². The minimum absolute atomic E-state index is 0.106. The molecule has 2 atom stereocenters. The lowest BCUT2D eigenvalue weighted by atomic mass is 9.80. The van der Waals surface area contributed by atoms with Gasteiger partial charge in [0.2, 0.25) is 5.91 Å². The largest absolute Gasteiger partial charge is 0.355 e. The minimum Gasteiger partial charge on any atom is -0.355 e. The molecule has 1 aliphatic carbocycles. The van der Waals surface area contributed by atoms with Crippen LogP contribution in [0.3, 0.4) is 0 Å². The molecule has 2 aromatic heterocycles. The van der Waals surface area contributed by atoms with Crippen molar-refractivity contribution in [2.75, 3.05) is 10.6 Å². The molecule has 2 aromatic carbocycles. The number of fused-ring (bicyclic) bond motifs is 1.